The van der Waals surface area contributed by atoms with Crippen LogP contribution in [0.2, 0.25) is 0 Å². The molecule has 3 rings (SSSR count). The Morgan fingerprint density at radius 3 is 2.30 bits per heavy atom. The van der Waals surface area contributed by atoms with Crippen LogP contribution in [0.3, 0.4) is 0 Å². The SMILES string of the molecule is CNC(=O)N(OCc1ccccc1)C(C)c1ccc(-c2ccccc2)n1C. The Labute approximate surface area is 160 Å². The van der Waals surface area contributed by atoms with Crippen molar-refractivity contribution < 1.29 is 9.63 Å². The van der Waals surface area contributed by atoms with Crippen LogP contribution in [0, 0.1) is 0 Å². The number of nitrogens with zero attached hydrogens (tertiary/aromatic N) is 2. The first-order chi connectivity index (χ1) is 13.1. The smallest absolute Gasteiger partial charge is 0.341 e. The van der Waals surface area contributed by atoms with Gasteiger partial charge in [-0.2, -0.15) is 5.06 Å². The molecule has 1 heterocycles. The van der Waals surface area contributed by atoms with Gasteiger partial charge in [-0.15, -0.1) is 0 Å². The summed E-state index contributed by atoms with van der Waals surface area (Å²) in [5.41, 5.74) is 4.23. The maximum Gasteiger partial charge on any atom is 0.341 e. The van der Waals surface area contributed by atoms with Gasteiger partial charge in [-0.1, -0.05) is 60.7 Å². The Bertz CT molecular complexity index is 875. The van der Waals surface area contributed by atoms with Crippen LogP contribution in [0.5, 0.6) is 0 Å². The largest absolute Gasteiger partial charge is 0.346 e. The van der Waals surface area contributed by atoms with Crippen molar-refractivity contribution in [1.82, 2.24) is 14.9 Å². The summed E-state index contributed by atoms with van der Waals surface area (Å²) in [5, 5.41) is 4.06. The molecule has 1 atom stereocenters. The Kier molecular flexibility index (Phi) is 5.94. The lowest BCUT2D eigenvalue weighted by Gasteiger charge is -2.28. The fourth-order valence-corrected chi connectivity index (χ4v) is 3.14. The summed E-state index contributed by atoms with van der Waals surface area (Å²) in [5.74, 6) is 0. The Hall–Kier alpha value is -3.05. The van der Waals surface area contributed by atoms with Crippen LogP contribution in [0.15, 0.2) is 72.8 Å². The first kappa shape index (κ1) is 18.7. The standard InChI is InChI=1S/C22H25N3O2/c1-17(20-14-15-21(24(20)3)19-12-8-5-9-13-19)25(22(26)23-2)27-16-18-10-6-4-7-11-18/h4-15,17H,16H2,1-3H3,(H,23,26). The predicted molar refractivity (Wildman–Crippen MR) is 107 cm³/mol. The molecule has 140 valence electrons. The van der Waals surface area contributed by atoms with E-state index >= 15 is 0 Å². The van der Waals surface area contributed by atoms with Gasteiger partial charge in [0.15, 0.2) is 0 Å². The summed E-state index contributed by atoms with van der Waals surface area (Å²) < 4.78 is 2.10. The summed E-state index contributed by atoms with van der Waals surface area (Å²) in [6.45, 7) is 2.29. The van der Waals surface area contributed by atoms with Gasteiger partial charge in [0.2, 0.25) is 0 Å². The minimum absolute atomic E-state index is 0.254. The van der Waals surface area contributed by atoms with Crippen molar-refractivity contribution in [2.75, 3.05) is 7.05 Å². The van der Waals surface area contributed by atoms with Crippen molar-refractivity contribution in [2.45, 2.75) is 19.6 Å². The number of hydrogen-bond acceptors (Lipinski definition) is 2. The average Bonchev–Trinajstić information content (AvgIpc) is 3.10. The van der Waals surface area contributed by atoms with Gasteiger partial charge >= 0.3 is 6.03 Å². The van der Waals surface area contributed by atoms with E-state index in [-0.39, 0.29) is 12.1 Å². The lowest BCUT2D eigenvalue weighted by molar-refractivity contribution is -0.153. The summed E-state index contributed by atoms with van der Waals surface area (Å²) >= 11 is 0. The zero-order valence-corrected chi connectivity index (χ0v) is 15.9. The fourth-order valence-electron chi connectivity index (χ4n) is 3.14. The van der Waals surface area contributed by atoms with E-state index in [1.807, 2.05) is 68.6 Å². The topological polar surface area (TPSA) is 46.5 Å². The lowest BCUT2D eigenvalue weighted by Crippen LogP contribution is -2.40. The van der Waals surface area contributed by atoms with Gasteiger partial charge in [-0.05, 0) is 30.2 Å². The highest BCUT2D eigenvalue weighted by molar-refractivity contribution is 5.73. The zero-order chi connectivity index (χ0) is 19.2. The Morgan fingerprint density at radius 1 is 1.04 bits per heavy atom. The average molecular weight is 363 g/mol. The predicted octanol–water partition coefficient (Wildman–Crippen LogP) is 4.53. The summed E-state index contributed by atoms with van der Waals surface area (Å²) in [7, 11) is 3.61. The van der Waals surface area contributed by atoms with E-state index in [0.717, 1.165) is 22.5 Å². The van der Waals surface area contributed by atoms with Crippen molar-refractivity contribution in [3.05, 3.63) is 84.1 Å². The number of aromatic nitrogens is 1. The van der Waals surface area contributed by atoms with Gasteiger partial charge in [0, 0.05) is 25.5 Å². The first-order valence-corrected chi connectivity index (χ1v) is 9.00. The number of benzene rings is 2. The number of nitrogens with one attached hydrogen (secondary N) is 1. The van der Waals surface area contributed by atoms with Crippen molar-refractivity contribution in [3.8, 4) is 11.3 Å². The molecule has 2 amide bonds. The van der Waals surface area contributed by atoms with Crippen LogP contribution in [-0.4, -0.2) is 22.7 Å². The monoisotopic (exact) mass is 363 g/mol. The van der Waals surface area contributed by atoms with Gasteiger partial charge in [0.05, 0.1) is 6.04 Å². The molecule has 2 aromatic carbocycles. The van der Waals surface area contributed by atoms with E-state index in [4.69, 9.17) is 4.84 Å². The van der Waals surface area contributed by atoms with Gasteiger partial charge in [-0.25, -0.2) is 4.79 Å². The van der Waals surface area contributed by atoms with Crippen molar-refractivity contribution in [2.24, 2.45) is 7.05 Å². The molecule has 27 heavy (non-hydrogen) atoms. The van der Waals surface area contributed by atoms with Gasteiger partial charge < -0.3 is 9.88 Å². The maximum atomic E-state index is 12.4. The quantitative estimate of drug-likeness (QED) is 0.654. The number of urea groups is 1. The molecular weight excluding hydrogens is 338 g/mol. The molecule has 5 nitrogen and oxygen atoms in total. The van der Waals surface area contributed by atoms with Crippen LogP contribution in [0.25, 0.3) is 11.3 Å². The van der Waals surface area contributed by atoms with Crippen LogP contribution < -0.4 is 5.32 Å². The minimum atomic E-state index is -0.277. The summed E-state index contributed by atoms with van der Waals surface area (Å²) in [6, 6.07) is 23.6. The zero-order valence-electron chi connectivity index (χ0n) is 15.9. The molecule has 0 saturated heterocycles. The molecule has 0 aliphatic heterocycles. The van der Waals surface area contributed by atoms with E-state index in [9.17, 15) is 4.79 Å². The minimum Gasteiger partial charge on any atom is -0.346 e. The van der Waals surface area contributed by atoms with E-state index in [1.54, 1.807) is 7.05 Å². The first-order valence-electron chi connectivity index (χ1n) is 9.00. The molecule has 1 unspecified atom stereocenters. The Morgan fingerprint density at radius 2 is 1.67 bits per heavy atom. The van der Waals surface area contributed by atoms with E-state index in [2.05, 4.69) is 28.1 Å². The number of amides is 2. The molecule has 5 heteroatoms. The molecule has 0 aliphatic rings. The van der Waals surface area contributed by atoms with Crippen molar-refractivity contribution in [3.63, 3.8) is 0 Å². The van der Waals surface area contributed by atoms with Crippen LogP contribution in [0.4, 0.5) is 4.79 Å². The number of carbonyl (C=O) groups excluding carboxylic acids is 1. The molecule has 1 aromatic heterocycles. The molecule has 0 bridgehead atoms. The molecule has 0 fully saturated rings. The van der Waals surface area contributed by atoms with Crippen LogP contribution >= 0.6 is 0 Å². The molecule has 0 spiro atoms. The Balaban J connectivity index is 1.83. The highest BCUT2D eigenvalue weighted by atomic mass is 16.7. The van der Waals surface area contributed by atoms with E-state index in [0.29, 0.717) is 6.61 Å². The third-order valence-corrected chi connectivity index (χ3v) is 4.64. The molecule has 1 N–H and O–H groups in total. The molecular formula is C22H25N3O2. The van der Waals surface area contributed by atoms with Gasteiger partial charge in [0.25, 0.3) is 0 Å². The van der Waals surface area contributed by atoms with Crippen molar-refractivity contribution in [1.29, 1.82) is 0 Å². The highest BCUT2D eigenvalue weighted by Crippen LogP contribution is 2.28. The highest BCUT2D eigenvalue weighted by Gasteiger charge is 2.25. The van der Waals surface area contributed by atoms with Gasteiger partial charge in [0.1, 0.15) is 6.61 Å². The van der Waals surface area contributed by atoms with Crippen LogP contribution in [-0.2, 0) is 18.5 Å². The second-order valence-corrected chi connectivity index (χ2v) is 6.38. The lowest BCUT2D eigenvalue weighted by atomic mass is 10.2. The number of rotatable bonds is 6. The molecule has 0 aliphatic carbocycles. The molecule has 0 radical (unpaired) electrons. The normalized spacial score (nSPS) is 11.8. The summed E-state index contributed by atoms with van der Waals surface area (Å²) in [4.78, 5) is 18.3. The summed E-state index contributed by atoms with van der Waals surface area (Å²) in [6.07, 6.45) is 0. The molecule has 3 aromatic rings. The van der Waals surface area contributed by atoms with E-state index < -0.39 is 0 Å². The van der Waals surface area contributed by atoms with Crippen molar-refractivity contribution >= 4 is 6.03 Å². The maximum absolute atomic E-state index is 12.4. The number of carbonyl (C=O) groups is 1. The third kappa shape index (κ3) is 4.20. The third-order valence-electron chi connectivity index (χ3n) is 4.64. The fraction of sp³-hybridized carbons (Fsp3) is 0.227. The second-order valence-electron chi connectivity index (χ2n) is 6.38. The molecule has 0 saturated carbocycles. The van der Waals surface area contributed by atoms with Gasteiger partial charge in [-0.3, -0.25) is 4.84 Å². The number of hydroxylamine groups is 2. The number of hydrogen-bond donors (Lipinski definition) is 1. The second kappa shape index (κ2) is 8.56. The van der Waals surface area contributed by atoms with Crippen LogP contribution in [0.1, 0.15) is 24.2 Å². The van der Waals surface area contributed by atoms with E-state index in [1.165, 1.54) is 5.06 Å².